The zero-order chi connectivity index (χ0) is 11.5. The van der Waals surface area contributed by atoms with E-state index in [4.69, 9.17) is 4.84 Å². The summed E-state index contributed by atoms with van der Waals surface area (Å²) in [6, 6.07) is 0. The fourth-order valence-electron chi connectivity index (χ4n) is 1.60. The summed E-state index contributed by atoms with van der Waals surface area (Å²) in [6.07, 6.45) is 1.95. The van der Waals surface area contributed by atoms with Crippen LogP contribution in [0.15, 0.2) is 10.2 Å². The molecule has 6 heteroatoms. The van der Waals surface area contributed by atoms with E-state index in [0.29, 0.717) is 13.2 Å². The van der Waals surface area contributed by atoms with E-state index >= 15 is 0 Å². The Hall–Kier alpha value is -1.14. The van der Waals surface area contributed by atoms with Crippen molar-refractivity contribution in [1.82, 2.24) is 9.63 Å². The van der Waals surface area contributed by atoms with Gasteiger partial charge in [0.15, 0.2) is 0 Å². The van der Waals surface area contributed by atoms with Crippen molar-refractivity contribution >= 4 is 17.2 Å². The summed E-state index contributed by atoms with van der Waals surface area (Å²) in [6.45, 7) is 3.11. The number of amides is 1. The van der Waals surface area contributed by atoms with E-state index in [1.807, 2.05) is 6.92 Å². The van der Waals surface area contributed by atoms with Crippen molar-refractivity contribution in [1.29, 1.82) is 0 Å². The first-order chi connectivity index (χ1) is 7.68. The van der Waals surface area contributed by atoms with Crippen LogP contribution in [-0.4, -0.2) is 28.7 Å². The minimum Gasteiger partial charge on any atom is -0.294 e. The van der Waals surface area contributed by atoms with Crippen LogP contribution in [-0.2, 0) is 16.2 Å². The number of carbonyl (C=O) groups is 1. The van der Waals surface area contributed by atoms with Crippen molar-refractivity contribution in [2.45, 2.75) is 26.3 Å². The van der Waals surface area contributed by atoms with Crippen molar-refractivity contribution in [3.63, 3.8) is 0 Å². The van der Waals surface area contributed by atoms with E-state index < -0.39 is 0 Å². The van der Waals surface area contributed by atoms with Gasteiger partial charge in [0.25, 0.3) is 5.91 Å². The Morgan fingerprint density at radius 3 is 2.94 bits per heavy atom. The summed E-state index contributed by atoms with van der Waals surface area (Å²) < 4.78 is 1.48. The molecule has 88 valence electrons. The van der Waals surface area contributed by atoms with E-state index in [0.717, 1.165) is 29.9 Å². The Balaban J connectivity index is 2.04. The molecule has 0 saturated carbocycles. The van der Waals surface area contributed by atoms with E-state index in [1.165, 1.54) is 9.63 Å². The second-order valence-electron chi connectivity index (χ2n) is 3.77. The van der Waals surface area contributed by atoms with Gasteiger partial charge < -0.3 is 0 Å². The molecule has 1 aromatic heterocycles. The molecule has 0 radical (unpaired) electrons. The summed E-state index contributed by atoms with van der Waals surface area (Å²) in [7, 11) is 0. The number of carbonyl (C=O) groups excluding carboxylic acids is 1. The molecule has 1 aromatic rings. The first-order valence-corrected chi connectivity index (χ1v) is 6.14. The largest absolute Gasteiger partial charge is 0.307 e. The fraction of sp³-hybridized carbons (Fsp3) is 0.600. The zero-order valence-electron chi connectivity index (χ0n) is 9.14. The normalized spacial score (nSPS) is 16.4. The fourth-order valence-corrected chi connectivity index (χ4v) is 2.34. The zero-order valence-corrected chi connectivity index (χ0v) is 9.96. The maximum atomic E-state index is 11.8. The lowest BCUT2D eigenvalue weighted by molar-refractivity contribution is -0.197. The van der Waals surface area contributed by atoms with Crippen LogP contribution in [0.25, 0.3) is 0 Å². The molecule has 1 amide bonds. The number of aryl methyl sites for hydroxylation is 1. The summed E-state index contributed by atoms with van der Waals surface area (Å²) in [4.78, 5) is 28.4. The number of hydroxylamine groups is 2. The monoisotopic (exact) mass is 242 g/mol. The van der Waals surface area contributed by atoms with Gasteiger partial charge in [0, 0.05) is 17.6 Å². The number of aromatic nitrogens is 1. The molecule has 0 aromatic carbocycles. The molecule has 0 spiro atoms. The summed E-state index contributed by atoms with van der Waals surface area (Å²) in [5, 5.41) is 3.12. The Bertz CT molecular complexity index is 432. The van der Waals surface area contributed by atoms with Gasteiger partial charge in [0.2, 0.25) is 0 Å². The first-order valence-electron chi connectivity index (χ1n) is 5.26. The predicted molar refractivity (Wildman–Crippen MR) is 60.2 cm³/mol. The lowest BCUT2D eigenvalue weighted by Gasteiger charge is -2.25. The number of rotatable bonds is 2. The topological polar surface area (TPSA) is 51.5 Å². The number of thiazole rings is 1. The average Bonchev–Trinajstić information content (AvgIpc) is 2.62. The number of hydrogen-bond acceptors (Lipinski definition) is 4. The van der Waals surface area contributed by atoms with Crippen molar-refractivity contribution in [2.75, 3.05) is 13.2 Å². The third-order valence-electron chi connectivity index (χ3n) is 2.55. The van der Waals surface area contributed by atoms with Crippen molar-refractivity contribution in [3.8, 4) is 0 Å². The molecule has 5 nitrogen and oxygen atoms in total. The van der Waals surface area contributed by atoms with Gasteiger partial charge in [-0.05, 0) is 19.8 Å². The van der Waals surface area contributed by atoms with Crippen molar-refractivity contribution < 1.29 is 9.63 Å². The third-order valence-corrected chi connectivity index (χ3v) is 3.43. The van der Waals surface area contributed by atoms with E-state index in [9.17, 15) is 9.59 Å². The Morgan fingerprint density at radius 2 is 2.38 bits per heavy atom. The van der Waals surface area contributed by atoms with Crippen LogP contribution in [0.3, 0.4) is 0 Å². The van der Waals surface area contributed by atoms with Crippen LogP contribution in [0.1, 0.15) is 18.5 Å². The number of hydrogen-bond donors (Lipinski definition) is 0. The van der Waals surface area contributed by atoms with Crippen LogP contribution in [0, 0.1) is 6.92 Å². The van der Waals surface area contributed by atoms with Gasteiger partial charge in [-0.3, -0.25) is 19.0 Å². The molecule has 0 N–H and O–H groups in total. The molecule has 2 rings (SSSR count). The minimum atomic E-state index is -0.150. The van der Waals surface area contributed by atoms with E-state index in [2.05, 4.69) is 0 Å². The van der Waals surface area contributed by atoms with Crippen LogP contribution >= 0.6 is 11.3 Å². The molecular formula is C10H14N2O3S. The van der Waals surface area contributed by atoms with Crippen LogP contribution in [0.2, 0.25) is 0 Å². The van der Waals surface area contributed by atoms with E-state index in [-0.39, 0.29) is 17.3 Å². The molecule has 0 atom stereocenters. The quantitative estimate of drug-likeness (QED) is 0.769. The van der Waals surface area contributed by atoms with Crippen LogP contribution in [0.5, 0.6) is 0 Å². The highest BCUT2D eigenvalue weighted by Crippen LogP contribution is 2.07. The summed E-state index contributed by atoms with van der Waals surface area (Å²) in [5.74, 6) is -0.150. The van der Waals surface area contributed by atoms with Gasteiger partial charge >= 0.3 is 4.87 Å². The van der Waals surface area contributed by atoms with Crippen LogP contribution in [0.4, 0.5) is 0 Å². The van der Waals surface area contributed by atoms with E-state index in [1.54, 1.807) is 5.38 Å². The molecule has 1 aliphatic rings. The highest BCUT2D eigenvalue weighted by atomic mass is 32.1. The summed E-state index contributed by atoms with van der Waals surface area (Å²) >= 11 is 1.12. The van der Waals surface area contributed by atoms with Crippen LogP contribution < -0.4 is 4.87 Å². The lowest BCUT2D eigenvalue weighted by Crippen LogP contribution is -2.39. The first kappa shape index (κ1) is 11.3. The average molecular weight is 242 g/mol. The molecule has 1 fully saturated rings. The smallest absolute Gasteiger partial charge is 0.294 e. The molecule has 16 heavy (non-hydrogen) atoms. The highest BCUT2D eigenvalue weighted by Gasteiger charge is 2.19. The van der Waals surface area contributed by atoms with Crippen molar-refractivity contribution in [2.24, 2.45) is 0 Å². The highest BCUT2D eigenvalue weighted by molar-refractivity contribution is 7.07. The van der Waals surface area contributed by atoms with Gasteiger partial charge in [0.05, 0.1) is 6.61 Å². The second kappa shape index (κ2) is 4.80. The maximum Gasteiger partial charge on any atom is 0.307 e. The maximum absolute atomic E-state index is 11.8. The van der Waals surface area contributed by atoms with Crippen molar-refractivity contribution in [3.05, 3.63) is 20.7 Å². The second-order valence-corrected chi connectivity index (χ2v) is 4.59. The Morgan fingerprint density at radius 1 is 1.56 bits per heavy atom. The lowest BCUT2D eigenvalue weighted by atomic mass is 10.3. The van der Waals surface area contributed by atoms with Gasteiger partial charge in [0.1, 0.15) is 6.54 Å². The Labute approximate surface area is 97.2 Å². The molecule has 0 bridgehead atoms. The molecule has 1 aliphatic heterocycles. The molecular weight excluding hydrogens is 228 g/mol. The third kappa shape index (κ3) is 2.33. The van der Waals surface area contributed by atoms with Gasteiger partial charge in [-0.25, -0.2) is 5.06 Å². The van der Waals surface area contributed by atoms with Gasteiger partial charge in [-0.1, -0.05) is 11.3 Å². The van der Waals surface area contributed by atoms with Gasteiger partial charge in [-0.2, -0.15) is 0 Å². The SMILES string of the molecule is Cc1csc(=O)n1CC(=O)N1CCCCO1. The molecule has 0 unspecified atom stereocenters. The minimum absolute atomic E-state index is 0.0775. The Kier molecular flexibility index (Phi) is 3.40. The predicted octanol–water partition coefficient (Wildman–Crippen LogP) is 0.772. The molecule has 2 heterocycles. The van der Waals surface area contributed by atoms with Gasteiger partial charge in [-0.15, -0.1) is 0 Å². The standard InChI is InChI=1S/C10H14N2O3S/c1-8-7-16-10(14)11(8)6-9(13)12-4-2-3-5-15-12/h7H,2-6H2,1H3. The molecule has 1 saturated heterocycles. The number of nitrogens with zero attached hydrogens (tertiary/aromatic N) is 2. The molecule has 0 aliphatic carbocycles. The summed E-state index contributed by atoms with van der Waals surface area (Å²) in [5.41, 5.74) is 0.820.